The maximum absolute atomic E-state index is 12.6. The predicted octanol–water partition coefficient (Wildman–Crippen LogP) is 3.44. The van der Waals surface area contributed by atoms with Crippen molar-refractivity contribution in [1.29, 1.82) is 0 Å². The number of hydrogen-bond donors (Lipinski definition) is 2. The zero-order chi connectivity index (χ0) is 22.2. The molecule has 0 spiro atoms. The van der Waals surface area contributed by atoms with Crippen LogP contribution in [0.15, 0.2) is 53.0 Å². The third-order valence-electron chi connectivity index (χ3n) is 5.04. The number of amides is 3. The maximum atomic E-state index is 12.6. The second-order valence-corrected chi connectivity index (χ2v) is 8.36. The molecule has 0 aliphatic carbocycles. The number of nitrogens with one attached hydrogen (secondary N) is 2. The Morgan fingerprint density at radius 1 is 1.16 bits per heavy atom. The first-order chi connectivity index (χ1) is 15.0. The summed E-state index contributed by atoms with van der Waals surface area (Å²) in [6.45, 7) is 3.35. The van der Waals surface area contributed by atoms with Gasteiger partial charge in [-0.15, -0.1) is 0 Å². The molecular formula is C23H26BrN3O4. The zero-order valence-corrected chi connectivity index (χ0v) is 19.0. The van der Waals surface area contributed by atoms with Crippen molar-refractivity contribution in [2.75, 3.05) is 13.2 Å². The Morgan fingerprint density at radius 2 is 1.94 bits per heavy atom. The summed E-state index contributed by atoms with van der Waals surface area (Å²) in [7, 11) is 0. The standard InChI is InChI=1S/C23H26BrN3O4/c1-2-3-11-31-20-10-9-18(24)13-19(20)23(30)26-25-22(29)17-12-21(28)27(15-17)14-16-7-5-4-6-8-16/h4-10,13,17H,2-3,11-12,14-15H2,1H3,(H,25,29)(H,26,30). The largest absolute Gasteiger partial charge is 0.493 e. The van der Waals surface area contributed by atoms with Crippen molar-refractivity contribution >= 4 is 33.7 Å². The van der Waals surface area contributed by atoms with Crippen LogP contribution in [0.2, 0.25) is 0 Å². The minimum Gasteiger partial charge on any atom is -0.493 e. The van der Waals surface area contributed by atoms with E-state index >= 15 is 0 Å². The summed E-state index contributed by atoms with van der Waals surface area (Å²) in [5.74, 6) is -1.01. The van der Waals surface area contributed by atoms with Crippen LogP contribution in [0.25, 0.3) is 0 Å². The van der Waals surface area contributed by atoms with Crippen LogP contribution in [0.5, 0.6) is 5.75 Å². The van der Waals surface area contributed by atoms with E-state index in [4.69, 9.17) is 4.74 Å². The number of nitrogens with zero attached hydrogens (tertiary/aromatic N) is 1. The smallest absolute Gasteiger partial charge is 0.273 e. The molecule has 1 saturated heterocycles. The van der Waals surface area contributed by atoms with E-state index < -0.39 is 11.8 Å². The summed E-state index contributed by atoms with van der Waals surface area (Å²) in [4.78, 5) is 39.1. The Morgan fingerprint density at radius 3 is 2.68 bits per heavy atom. The maximum Gasteiger partial charge on any atom is 0.273 e. The molecule has 8 heteroatoms. The number of rotatable bonds is 8. The number of halogens is 1. The van der Waals surface area contributed by atoms with Gasteiger partial charge in [-0.3, -0.25) is 25.2 Å². The lowest BCUT2D eigenvalue weighted by molar-refractivity contribution is -0.129. The fourth-order valence-electron chi connectivity index (χ4n) is 3.32. The molecule has 31 heavy (non-hydrogen) atoms. The Hall–Kier alpha value is -2.87. The molecule has 2 aromatic rings. The van der Waals surface area contributed by atoms with E-state index in [1.807, 2.05) is 30.3 Å². The van der Waals surface area contributed by atoms with E-state index in [0.717, 1.165) is 22.9 Å². The van der Waals surface area contributed by atoms with Crippen LogP contribution in [-0.4, -0.2) is 35.8 Å². The van der Waals surface area contributed by atoms with Gasteiger partial charge in [-0.05, 0) is 30.2 Å². The van der Waals surface area contributed by atoms with Crippen LogP contribution in [-0.2, 0) is 16.1 Å². The molecule has 2 aromatic carbocycles. The minimum atomic E-state index is -0.515. The number of benzene rings is 2. The van der Waals surface area contributed by atoms with Crippen LogP contribution in [0, 0.1) is 5.92 Å². The van der Waals surface area contributed by atoms with Gasteiger partial charge in [0.25, 0.3) is 5.91 Å². The fraction of sp³-hybridized carbons (Fsp3) is 0.348. The van der Waals surface area contributed by atoms with E-state index in [1.165, 1.54) is 0 Å². The Labute approximate surface area is 190 Å². The van der Waals surface area contributed by atoms with Crippen molar-refractivity contribution in [2.45, 2.75) is 32.7 Å². The van der Waals surface area contributed by atoms with Crippen molar-refractivity contribution < 1.29 is 19.1 Å². The Kier molecular flexibility index (Phi) is 8.06. The molecule has 164 valence electrons. The van der Waals surface area contributed by atoms with Gasteiger partial charge in [0.1, 0.15) is 5.75 Å². The first-order valence-electron chi connectivity index (χ1n) is 10.3. The number of likely N-dealkylation sites (tertiary alicyclic amines) is 1. The molecule has 1 heterocycles. The monoisotopic (exact) mass is 487 g/mol. The van der Waals surface area contributed by atoms with Crippen molar-refractivity contribution in [2.24, 2.45) is 5.92 Å². The van der Waals surface area contributed by atoms with Gasteiger partial charge >= 0.3 is 0 Å². The van der Waals surface area contributed by atoms with E-state index in [9.17, 15) is 14.4 Å². The normalized spacial score (nSPS) is 15.6. The minimum absolute atomic E-state index is 0.0751. The molecule has 0 radical (unpaired) electrons. The van der Waals surface area contributed by atoms with Crippen molar-refractivity contribution in [3.63, 3.8) is 0 Å². The van der Waals surface area contributed by atoms with E-state index in [2.05, 4.69) is 33.7 Å². The highest BCUT2D eigenvalue weighted by Gasteiger charge is 2.34. The number of ether oxygens (including phenoxy) is 1. The molecule has 1 unspecified atom stereocenters. The molecule has 1 atom stereocenters. The van der Waals surface area contributed by atoms with Crippen molar-refractivity contribution in [3.05, 3.63) is 64.1 Å². The second kappa shape index (κ2) is 10.9. The van der Waals surface area contributed by atoms with E-state index in [-0.39, 0.29) is 18.2 Å². The lowest BCUT2D eigenvalue weighted by atomic mass is 10.1. The number of hydrazine groups is 1. The first kappa shape index (κ1) is 22.8. The summed E-state index contributed by atoms with van der Waals surface area (Å²) in [5.41, 5.74) is 6.23. The lowest BCUT2D eigenvalue weighted by Gasteiger charge is -2.17. The lowest BCUT2D eigenvalue weighted by Crippen LogP contribution is -2.45. The van der Waals surface area contributed by atoms with Gasteiger partial charge in [-0.2, -0.15) is 0 Å². The van der Waals surface area contributed by atoms with Crippen LogP contribution >= 0.6 is 15.9 Å². The van der Waals surface area contributed by atoms with Crippen molar-refractivity contribution in [1.82, 2.24) is 15.8 Å². The molecule has 0 saturated carbocycles. The third-order valence-corrected chi connectivity index (χ3v) is 5.54. The molecule has 1 aliphatic heterocycles. The topological polar surface area (TPSA) is 87.7 Å². The summed E-state index contributed by atoms with van der Waals surface area (Å²) in [6.07, 6.45) is 1.98. The number of unbranched alkanes of at least 4 members (excludes halogenated alkanes) is 1. The van der Waals surface area contributed by atoms with E-state index in [1.54, 1.807) is 23.1 Å². The summed E-state index contributed by atoms with van der Waals surface area (Å²) >= 11 is 3.35. The molecular weight excluding hydrogens is 462 g/mol. The predicted molar refractivity (Wildman–Crippen MR) is 120 cm³/mol. The number of carbonyl (C=O) groups excluding carboxylic acids is 3. The highest BCUT2D eigenvalue weighted by atomic mass is 79.9. The zero-order valence-electron chi connectivity index (χ0n) is 17.4. The number of hydrogen-bond acceptors (Lipinski definition) is 4. The van der Waals surface area contributed by atoms with E-state index in [0.29, 0.717) is 31.0 Å². The summed E-state index contributed by atoms with van der Waals surface area (Å²) in [6, 6.07) is 14.8. The Balaban J connectivity index is 1.55. The van der Waals surface area contributed by atoms with Crippen molar-refractivity contribution in [3.8, 4) is 5.75 Å². The van der Waals surface area contributed by atoms with Crippen LogP contribution in [0.3, 0.4) is 0 Å². The molecule has 3 amide bonds. The van der Waals surface area contributed by atoms with Gasteiger partial charge in [0.2, 0.25) is 11.8 Å². The quantitative estimate of drug-likeness (QED) is 0.440. The summed E-state index contributed by atoms with van der Waals surface area (Å²) < 4.78 is 6.43. The molecule has 0 aromatic heterocycles. The fourth-order valence-corrected chi connectivity index (χ4v) is 3.69. The third kappa shape index (κ3) is 6.30. The van der Waals surface area contributed by atoms with Crippen LogP contribution in [0.1, 0.15) is 42.1 Å². The van der Waals surface area contributed by atoms with Gasteiger partial charge in [0, 0.05) is 24.0 Å². The van der Waals surface area contributed by atoms with Gasteiger partial charge in [-0.25, -0.2) is 0 Å². The first-order valence-corrected chi connectivity index (χ1v) is 11.1. The Bertz CT molecular complexity index is 936. The van der Waals surface area contributed by atoms with Gasteiger partial charge < -0.3 is 9.64 Å². The van der Waals surface area contributed by atoms with Gasteiger partial charge in [-0.1, -0.05) is 59.6 Å². The molecule has 3 rings (SSSR count). The average molecular weight is 488 g/mol. The molecule has 1 fully saturated rings. The molecule has 7 nitrogen and oxygen atoms in total. The van der Waals surface area contributed by atoms with Gasteiger partial charge in [0.15, 0.2) is 0 Å². The number of carbonyl (C=O) groups is 3. The van der Waals surface area contributed by atoms with Gasteiger partial charge in [0.05, 0.1) is 18.1 Å². The average Bonchev–Trinajstić information content (AvgIpc) is 3.14. The highest BCUT2D eigenvalue weighted by Crippen LogP contribution is 2.24. The highest BCUT2D eigenvalue weighted by molar-refractivity contribution is 9.10. The van der Waals surface area contributed by atoms with Crippen LogP contribution in [0.4, 0.5) is 0 Å². The molecule has 2 N–H and O–H groups in total. The second-order valence-electron chi connectivity index (χ2n) is 7.45. The molecule has 1 aliphatic rings. The van der Waals surface area contributed by atoms with Crippen LogP contribution < -0.4 is 15.6 Å². The SMILES string of the molecule is CCCCOc1ccc(Br)cc1C(=O)NNC(=O)C1CC(=O)N(Cc2ccccc2)C1. The summed E-state index contributed by atoms with van der Waals surface area (Å²) in [5, 5.41) is 0. The molecule has 0 bridgehead atoms.